The smallest absolute Gasteiger partial charge is 0.263 e. The molecular weight excluding hydrogens is 382 g/mol. The van der Waals surface area contributed by atoms with Crippen molar-refractivity contribution in [1.82, 2.24) is 10.2 Å². The third kappa shape index (κ3) is 4.47. The summed E-state index contributed by atoms with van der Waals surface area (Å²) >= 11 is 1.58. The predicted molar refractivity (Wildman–Crippen MR) is 118 cm³/mol. The molecule has 154 valence electrons. The number of rotatable bonds is 5. The van der Waals surface area contributed by atoms with Gasteiger partial charge in [-0.2, -0.15) is 0 Å². The van der Waals surface area contributed by atoms with Crippen molar-refractivity contribution >= 4 is 28.8 Å². The maximum absolute atomic E-state index is 12.7. The largest absolute Gasteiger partial charge is 0.372 e. The Balaban J connectivity index is 1.32. The van der Waals surface area contributed by atoms with Gasteiger partial charge in [0.2, 0.25) is 5.91 Å². The van der Waals surface area contributed by atoms with Crippen LogP contribution in [0.1, 0.15) is 44.9 Å². The van der Waals surface area contributed by atoms with Crippen molar-refractivity contribution in [3.63, 3.8) is 0 Å². The first kappa shape index (κ1) is 20.0. The molecule has 6 heteroatoms. The van der Waals surface area contributed by atoms with Crippen LogP contribution in [0.3, 0.4) is 0 Å². The molecule has 5 nitrogen and oxygen atoms in total. The zero-order valence-electron chi connectivity index (χ0n) is 17.2. The molecule has 1 N–H and O–H groups in total. The minimum atomic E-state index is -0.0109. The predicted octanol–water partition coefficient (Wildman–Crippen LogP) is 3.47. The second kappa shape index (κ2) is 8.57. The Morgan fingerprint density at radius 3 is 2.59 bits per heavy atom. The van der Waals surface area contributed by atoms with Crippen molar-refractivity contribution in [3.8, 4) is 0 Å². The Labute approximate surface area is 176 Å². The number of anilines is 1. The van der Waals surface area contributed by atoms with Crippen LogP contribution in [0.5, 0.6) is 0 Å². The maximum Gasteiger partial charge on any atom is 0.263 e. The number of nitrogens with zero attached hydrogens (tertiary/aromatic N) is 2. The van der Waals surface area contributed by atoms with Gasteiger partial charge in [0, 0.05) is 50.2 Å². The molecule has 2 aromatic rings. The number of fused-ring (bicyclic) bond motifs is 1. The highest BCUT2D eigenvalue weighted by atomic mass is 32.1. The van der Waals surface area contributed by atoms with Crippen LogP contribution in [0.25, 0.3) is 0 Å². The van der Waals surface area contributed by atoms with Gasteiger partial charge in [-0.15, -0.1) is 11.3 Å². The van der Waals surface area contributed by atoms with Crippen LogP contribution in [0.15, 0.2) is 30.3 Å². The molecule has 1 saturated heterocycles. The summed E-state index contributed by atoms with van der Waals surface area (Å²) in [6.07, 6.45) is 5.00. The Bertz CT molecular complexity index is 882. The zero-order chi connectivity index (χ0) is 20.4. The zero-order valence-corrected chi connectivity index (χ0v) is 18.1. The third-order valence-electron chi connectivity index (χ3n) is 5.94. The van der Waals surface area contributed by atoms with Crippen LogP contribution in [-0.2, 0) is 24.2 Å². The summed E-state index contributed by atoms with van der Waals surface area (Å²) in [4.78, 5) is 31.0. The van der Waals surface area contributed by atoms with Gasteiger partial charge in [-0.3, -0.25) is 9.59 Å². The second-order valence-corrected chi connectivity index (χ2v) is 9.41. The van der Waals surface area contributed by atoms with Crippen LogP contribution in [0, 0.1) is 5.92 Å². The van der Waals surface area contributed by atoms with E-state index in [4.69, 9.17) is 0 Å². The lowest BCUT2D eigenvalue weighted by atomic mass is 9.87. The number of amides is 2. The fraction of sp³-hybridized carbons (Fsp3) is 0.478. The van der Waals surface area contributed by atoms with Gasteiger partial charge in [-0.05, 0) is 61.4 Å². The molecule has 4 rings (SSSR count). The number of hydrogen-bond acceptors (Lipinski definition) is 4. The first-order chi connectivity index (χ1) is 14.0. The van der Waals surface area contributed by atoms with Crippen LogP contribution in [0.2, 0.25) is 0 Å². The first-order valence-electron chi connectivity index (χ1n) is 10.5. The fourth-order valence-corrected chi connectivity index (χ4v) is 5.44. The van der Waals surface area contributed by atoms with Crippen molar-refractivity contribution in [2.45, 2.75) is 38.6 Å². The van der Waals surface area contributed by atoms with Crippen molar-refractivity contribution in [2.75, 3.05) is 32.1 Å². The number of benzene rings is 1. The molecule has 0 unspecified atom stereocenters. The van der Waals surface area contributed by atoms with Crippen LogP contribution >= 0.6 is 11.3 Å². The van der Waals surface area contributed by atoms with Gasteiger partial charge in [-0.1, -0.05) is 12.1 Å². The van der Waals surface area contributed by atoms with E-state index >= 15 is 0 Å². The SMILES string of the molecule is CN(C)C(=O)c1cc2c(s1)CC[C@@H](C(=O)NCc1ccc(N3CCCC3)cc1)C2. The average molecular weight is 412 g/mol. The van der Waals surface area contributed by atoms with Crippen molar-refractivity contribution < 1.29 is 9.59 Å². The van der Waals surface area contributed by atoms with E-state index in [0.29, 0.717) is 6.54 Å². The summed E-state index contributed by atoms with van der Waals surface area (Å²) in [5.41, 5.74) is 3.58. The summed E-state index contributed by atoms with van der Waals surface area (Å²) in [7, 11) is 3.55. The molecule has 0 radical (unpaired) electrons. The quantitative estimate of drug-likeness (QED) is 0.820. The number of thiophene rings is 1. The molecule has 0 bridgehead atoms. The number of carbonyl (C=O) groups excluding carboxylic acids is 2. The molecule has 1 aromatic heterocycles. The van der Waals surface area contributed by atoms with Crippen LogP contribution in [-0.4, -0.2) is 43.9 Å². The Morgan fingerprint density at radius 1 is 1.17 bits per heavy atom. The van der Waals surface area contributed by atoms with Crippen LogP contribution in [0.4, 0.5) is 5.69 Å². The van der Waals surface area contributed by atoms with Crippen molar-refractivity contribution in [1.29, 1.82) is 0 Å². The highest BCUT2D eigenvalue weighted by molar-refractivity contribution is 7.14. The van der Waals surface area contributed by atoms with Gasteiger partial charge in [-0.25, -0.2) is 0 Å². The molecular formula is C23H29N3O2S. The average Bonchev–Trinajstić information content (AvgIpc) is 3.41. The minimum Gasteiger partial charge on any atom is -0.372 e. The summed E-state index contributed by atoms with van der Waals surface area (Å²) < 4.78 is 0. The van der Waals surface area contributed by atoms with Crippen LogP contribution < -0.4 is 10.2 Å². The molecule has 2 aliphatic rings. The van der Waals surface area contributed by atoms with E-state index in [1.807, 2.05) is 6.07 Å². The van der Waals surface area contributed by atoms with Gasteiger partial charge in [0.1, 0.15) is 0 Å². The monoisotopic (exact) mass is 411 g/mol. The summed E-state index contributed by atoms with van der Waals surface area (Å²) in [6, 6.07) is 10.5. The topological polar surface area (TPSA) is 52.7 Å². The Morgan fingerprint density at radius 2 is 1.90 bits per heavy atom. The fourth-order valence-electron chi connectivity index (χ4n) is 4.21. The lowest BCUT2D eigenvalue weighted by Crippen LogP contribution is -2.33. The number of carbonyl (C=O) groups is 2. The molecule has 2 heterocycles. The van der Waals surface area contributed by atoms with E-state index in [9.17, 15) is 9.59 Å². The molecule has 1 aromatic carbocycles. The summed E-state index contributed by atoms with van der Waals surface area (Å²) in [6.45, 7) is 2.85. The summed E-state index contributed by atoms with van der Waals surface area (Å²) in [5, 5.41) is 3.11. The van der Waals surface area contributed by atoms with Crippen molar-refractivity contribution in [2.24, 2.45) is 5.92 Å². The molecule has 0 saturated carbocycles. The van der Waals surface area contributed by atoms with E-state index in [-0.39, 0.29) is 17.7 Å². The number of nitrogens with one attached hydrogen (secondary N) is 1. The lowest BCUT2D eigenvalue weighted by Gasteiger charge is -2.21. The van der Waals surface area contributed by atoms with E-state index in [1.54, 1.807) is 30.3 Å². The molecule has 2 amide bonds. The minimum absolute atomic E-state index is 0.0109. The Hall–Kier alpha value is -2.34. The maximum atomic E-state index is 12.7. The molecule has 1 atom stereocenters. The van der Waals surface area contributed by atoms with E-state index in [0.717, 1.165) is 42.8 Å². The van der Waals surface area contributed by atoms with Gasteiger partial charge >= 0.3 is 0 Å². The number of aryl methyl sites for hydroxylation is 1. The van der Waals surface area contributed by atoms with E-state index in [1.165, 1.54) is 29.0 Å². The third-order valence-corrected chi connectivity index (χ3v) is 7.17. The molecule has 0 spiro atoms. The van der Waals surface area contributed by atoms with Gasteiger partial charge in [0.05, 0.1) is 4.88 Å². The standard InChI is InChI=1S/C23H29N3O2S/c1-25(2)23(28)21-14-18-13-17(7-10-20(18)29-21)22(27)24-15-16-5-8-19(9-6-16)26-11-3-4-12-26/h5-6,8-9,14,17H,3-4,7,10-13,15H2,1-2H3,(H,24,27)/t17-/m1/s1. The second-order valence-electron chi connectivity index (χ2n) is 8.28. The molecule has 29 heavy (non-hydrogen) atoms. The lowest BCUT2D eigenvalue weighted by molar-refractivity contribution is -0.125. The van der Waals surface area contributed by atoms with E-state index < -0.39 is 0 Å². The van der Waals surface area contributed by atoms with Gasteiger partial charge < -0.3 is 15.1 Å². The highest BCUT2D eigenvalue weighted by Crippen LogP contribution is 2.33. The van der Waals surface area contributed by atoms with Gasteiger partial charge in [0.15, 0.2) is 0 Å². The van der Waals surface area contributed by atoms with Gasteiger partial charge in [0.25, 0.3) is 5.91 Å². The highest BCUT2D eigenvalue weighted by Gasteiger charge is 2.27. The molecule has 1 aliphatic carbocycles. The first-order valence-corrected chi connectivity index (χ1v) is 11.3. The number of hydrogen-bond donors (Lipinski definition) is 1. The molecule has 1 aliphatic heterocycles. The Kier molecular flexibility index (Phi) is 5.90. The molecule has 1 fully saturated rings. The van der Waals surface area contributed by atoms with Crippen molar-refractivity contribution in [3.05, 3.63) is 51.2 Å². The normalized spacial score (nSPS) is 18.4. The summed E-state index contributed by atoms with van der Waals surface area (Å²) in [5.74, 6) is 0.150. The van der Waals surface area contributed by atoms with E-state index in [2.05, 4.69) is 34.5 Å².